The molecule has 1 fully saturated rings. The predicted octanol–water partition coefficient (Wildman–Crippen LogP) is 4.53. The van der Waals surface area contributed by atoms with Crippen LogP contribution in [0.1, 0.15) is 17.8 Å². The van der Waals surface area contributed by atoms with Crippen LogP contribution in [0.25, 0.3) is 0 Å². The number of urea groups is 1. The molecule has 0 radical (unpaired) electrons. The molecule has 1 saturated heterocycles. The first kappa shape index (κ1) is 19.7. The van der Waals surface area contributed by atoms with Gasteiger partial charge in [-0.3, -0.25) is 0 Å². The molecule has 0 spiro atoms. The Morgan fingerprint density at radius 3 is 2.62 bits per heavy atom. The van der Waals surface area contributed by atoms with Crippen molar-refractivity contribution in [3.05, 3.63) is 71.0 Å². The van der Waals surface area contributed by atoms with Crippen molar-refractivity contribution in [2.24, 2.45) is 0 Å². The highest BCUT2D eigenvalue weighted by atomic mass is 35.5. The molecule has 3 aromatic rings. The first-order chi connectivity index (χ1) is 14.2. The molecule has 6 nitrogen and oxygen atoms in total. The van der Waals surface area contributed by atoms with Crippen LogP contribution >= 0.6 is 23.1 Å². The summed E-state index contributed by atoms with van der Waals surface area (Å²) in [5, 5.41) is 4.51. The average molecular weight is 428 g/mol. The van der Waals surface area contributed by atoms with Crippen LogP contribution in [-0.4, -0.2) is 46.5 Å². The fourth-order valence-electron chi connectivity index (χ4n) is 3.27. The van der Waals surface area contributed by atoms with Crippen LogP contribution in [0.3, 0.4) is 0 Å². The van der Waals surface area contributed by atoms with Crippen molar-refractivity contribution in [3.8, 4) is 0 Å². The molecular formula is C21H22ClN5OS. The molecule has 2 aromatic carbocycles. The zero-order valence-electron chi connectivity index (χ0n) is 15.9. The van der Waals surface area contributed by atoms with Gasteiger partial charge in [-0.2, -0.15) is 4.37 Å². The van der Waals surface area contributed by atoms with E-state index in [2.05, 4.69) is 26.7 Å². The summed E-state index contributed by atoms with van der Waals surface area (Å²) in [5.74, 6) is 0.845. The lowest BCUT2D eigenvalue weighted by molar-refractivity contribution is 0.215. The minimum Gasteiger partial charge on any atom is -0.345 e. The highest BCUT2D eigenvalue weighted by Crippen LogP contribution is 2.21. The van der Waals surface area contributed by atoms with Gasteiger partial charge in [0.2, 0.25) is 5.13 Å². The van der Waals surface area contributed by atoms with Gasteiger partial charge in [-0.05, 0) is 36.2 Å². The standard InChI is InChI=1S/C21H22ClN5OS/c22-17-7-9-18(10-8-17)23-20(28)26-11-4-12-27(14-13-26)21-24-19(25-29-21)15-16-5-2-1-3-6-16/h1-3,5-10H,4,11-15H2,(H,23,28). The van der Waals surface area contributed by atoms with E-state index in [-0.39, 0.29) is 6.03 Å². The van der Waals surface area contributed by atoms with E-state index >= 15 is 0 Å². The quantitative estimate of drug-likeness (QED) is 0.664. The van der Waals surface area contributed by atoms with Crippen molar-refractivity contribution in [3.63, 3.8) is 0 Å². The van der Waals surface area contributed by atoms with Crippen LogP contribution in [0.5, 0.6) is 0 Å². The lowest BCUT2D eigenvalue weighted by Gasteiger charge is -2.22. The van der Waals surface area contributed by atoms with Crippen LogP contribution in [-0.2, 0) is 6.42 Å². The number of hydrogen-bond acceptors (Lipinski definition) is 5. The van der Waals surface area contributed by atoms with Gasteiger partial charge < -0.3 is 15.1 Å². The Hall–Kier alpha value is -2.64. The number of carbonyl (C=O) groups excluding carboxylic acids is 1. The van der Waals surface area contributed by atoms with E-state index in [0.717, 1.165) is 42.6 Å². The van der Waals surface area contributed by atoms with Gasteiger partial charge in [0.1, 0.15) is 5.82 Å². The van der Waals surface area contributed by atoms with Gasteiger partial charge in [-0.1, -0.05) is 41.9 Å². The molecule has 2 amide bonds. The lowest BCUT2D eigenvalue weighted by atomic mass is 10.1. The van der Waals surface area contributed by atoms with Gasteiger partial charge in [0.25, 0.3) is 0 Å². The van der Waals surface area contributed by atoms with Crippen LogP contribution in [0.15, 0.2) is 54.6 Å². The number of nitrogens with one attached hydrogen (secondary N) is 1. The number of carbonyl (C=O) groups is 1. The summed E-state index contributed by atoms with van der Waals surface area (Å²) >= 11 is 7.33. The minimum atomic E-state index is -0.0868. The summed E-state index contributed by atoms with van der Waals surface area (Å²) in [6.45, 7) is 2.97. The largest absolute Gasteiger partial charge is 0.345 e. The topological polar surface area (TPSA) is 61.4 Å². The molecule has 0 bridgehead atoms. The summed E-state index contributed by atoms with van der Waals surface area (Å²) in [5.41, 5.74) is 1.95. The van der Waals surface area contributed by atoms with Crippen molar-refractivity contribution in [2.45, 2.75) is 12.8 Å². The van der Waals surface area contributed by atoms with E-state index < -0.39 is 0 Å². The fraction of sp³-hybridized carbons (Fsp3) is 0.286. The summed E-state index contributed by atoms with van der Waals surface area (Å²) in [7, 11) is 0. The number of halogens is 1. The maximum atomic E-state index is 12.6. The van der Waals surface area contributed by atoms with Crippen molar-refractivity contribution >= 4 is 40.0 Å². The van der Waals surface area contributed by atoms with Gasteiger partial charge in [0.15, 0.2) is 0 Å². The second-order valence-electron chi connectivity index (χ2n) is 6.92. The normalized spacial score (nSPS) is 14.5. The highest BCUT2D eigenvalue weighted by molar-refractivity contribution is 7.09. The molecule has 29 heavy (non-hydrogen) atoms. The van der Waals surface area contributed by atoms with Gasteiger partial charge in [-0.15, -0.1) is 0 Å². The fourth-order valence-corrected chi connectivity index (χ4v) is 4.13. The van der Waals surface area contributed by atoms with E-state index in [9.17, 15) is 4.79 Å². The van der Waals surface area contributed by atoms with Crippen molar-refractivity contribution in [1.29, 1.82) is 0 Å². The third-order valence-electron chi connectivity index (χ3n) is 4.81. The minimum absolute atomic E-state index is 0.0868. The number of anilines is 2. The first-order valence-electron chi connectivity index (χ1n) is 9.60. The molecule has 0 atom stereocenters. The third kappa shape index (κ3) is 5.25. The Labute approximate surface area is 179 Å². The Morgan fingerprint density at radius 1 is 1.03 bits per heavy atom. The molecule has 0 unspecified atom stereocenters. The van der Waals surface area contributed by atoms with Gasteiger partial charge in [-0.25, -0.2) is 9.78 Å². The first-order valence-corrected chi connectivity index (χ1v) is 10.8. The summed E-state index contributed by atoms with van der Waals surface area (Å²) in [4.78, 5) is 21.4. The summed E-state index contributed by atoms with van der Waals surface area (Å²) < 4.78 is 4.52. The zero-order valence-corrected chi connectivity index (χ0v) is 17.5. The maximum Gasteiger partial charge on any atom is 0.321 e. The van der Waals surface area contributed by atoms with Crippen LogP contribution in [0.4, 0.5) is 15.6 Å². The van der Waals surface area contributed by atoms with Gasteiger partial charge in [0, 0.05) is 54.8 Å². The molecule has 1 aromatic heterocycles. The van der Waals surface area contributed by atoms with E-state index in [4.69, 9.17) is 16.6 Å². The SMILES string of the molecule is O=C(Nc1ccc(Cl)cc1)N1CCCN(c2nc(Cc3ccccc3)ns2)CC1. The molecule has 2 heterocycles. The molecule has 1 aliphatic rings. The maximum absolute atomic E-state index is 12.6. The Morgan fingerprint density at radius 2 is 1.83 bits per heavy atom. The third-order valence-corrected chi connectivity index (χ3v) is 5.88. The molecule has 1 N–H and O–H groups in total. The summed E-state index contributed by atoms with van der Waals surface area (Å²) in [6.07, 6.45) is 1.63. The molecular weight excluding hydrogens is 406 g/mol. The van der Waals surface area contributed by atoms with E-state index in [0.29, 0.717) is 18.1 Å². The van der Waals surface area contributed by atoms with Crippen LogP contribution in [0.2, 0.25) is 5.02 Å². The van der Waals surface area contributed by atoms with Crippen molar-refractivity contribution in [1.82, 2.24) is 14.3 Å². The number of amides is 2. The lowest BCUT2D eigenvalue weighted by Crippen LogP contribution is -2.38. The van der Waals surface area contributed by atoms with Crippen molar-refractivity contribution in [2.75, 3.05) is 36.4 Å². The Kier molecular flexibility index (Phi) is 6.27. The number of aromatic nitrogens is 2. The second kappa shape index (κ2) is 9.24. The number of benzene rings is 2. The highest BCUT2D eigenvalue weighted by Gasteiger charge is 2.21. The molecule has 0 saturated carbocycles. The smallest absolute Gasteiger partial charge is 0.321 e. The average Bonchev–Trinajstić information content (AvgIpc) is 3.05. The predicted molar refractivity (Wildman–Crippen MR) is 118 cm³/mol. The molecule has 150 valence electrons. The van der Waals surface area contributed by atoms with Gasteiger partial charge >= 0.3 is 6.03 Å². The van der Waals surface area contributed by atoms with Crippen LogP contribution < -0.4 is 10.2 Å². The summed E-state index contributed by atoms with van der Waals surface area (Å²) in [6, 6.07) is 17.3. The second-order valence-corrected chi connectivity index (χ2v) is 8.09. The van der Waals surface area contributed by atoms with Crippen molar-refractivity contribution < 1.29 is 4.79 Å². The number of nitrogens with zero attached hydrogens (tertiary/aromatic N) is 4. The molecule has 4 rings (SSSR count). The van der Waals surface area contributed by atoms with E-state index in [1.165, 1.54) is 17.1 Å². The van der Waals surface area contributed by atoms with Crippen LogP contribution in [0, 0.1) is 0 Å². The molecule has 1 aliphatic heterocycles. The molecule has 0 aliphatic carbocycles. The van der Waals surface area contributed by atoms with Gasteiger partial charge in [0.05, 0.1) is 0 Å². The van der Waals surface area contributed by atoms with E-state index in [1.54, 1.807) is 24.3 Å². The zero-order chi connectivity index (χ0) is 20.1. The number of hydrogen-bond donors (Lipinski definition) is 1. The Bertz CT molecular complexity index is 947. The Balaban J connectivity index is 1.34. The number of rotatable bonds is 4. The van der Waals surface area contributed by atoms with E-state index in [1.807, 2.05) is 23.1 Å². The monoisotopic (exact) mass is 427 g/mol. The molecule has 8 heteroatoms.